The number of hydrogen-bond donors (Lipinski definition) is 1. The molecule has 0 spiro atoms. The maximum absolute atomic E-state index is 15.0. The second kappa shape index (κ2) is 8.71. The smallest absolute Gasteiger partial charge is 0.253 e. The Bertz CT molecular complexity index is 1180. The molecular weight excluding hydrogens is 391 g/mol. The maximum Gasteiger partial charge on any atom is 0.253 e. The van der Waals surface area contributed by atoms with E-state index in [-0.39, 0.29) is 5.82 Å². The second-order valence-electron chi connectivity index (χ2n) is 7.54. The van der Waals surface area contributed by atoms with Gasteiger partial charge in [-0.15, -0.1) is 0 Å². The summed E-state index contributed by atoms with van der Waals surface area (Å²) < 4.78 is 16.6. The summed E-state index contributed by atoms with van der Waals surface area (Å²) in [4.78, 5) is 11.5. The molecule has 0 atom stereocenters. The van der Waals surface area contributed by atoms with Crippen LogP contribution in [0.5, 0.6) is 0 Å². The number of fused-ring (bicyclic) bond motifs is 1. The molecule has 0 radical (unpaired) electrons. The Labute approximate surface area is 181 Å². The van der Waals surface area contributed by atoms with E-state index in [1.54, 1.807) is 17.1 Å². The molecule has 1 N–H and O–H groups in total. The van der Waals surface area contributed by atoms with E-state index in [1.807, 2.05) is 18.2 Å². The highest BCUT2D eigenvalue weighted by Crippen LogP contribution is 2.30. The van der Waals surface area contributed by atoms with Gasteiger partial charge in [0.25, 0.3) is 5.95 Å². The van der Waals surface area contributed by atoms with E-state index in [2.05, 4.69) is 60.1 Å². The molecule has 0 saturated carbocycles. The van der Waals surface area contributed by atoms with Crippen molar-refractivity contribution in [1.82, 2.24) is 19.7 Å². The highest BCUT2D eigenvalue weighted by molar-refractivity contribution is 5.92. The first-order chi connectivity index (χ1) is 15.0. The lowest BCUT2D eigenvalue weighted by Gasteiger charge is -2.22. The zero-order chi connectivity index (χ0) is 22.0. The summed E-state index contributed by atoms with van der Waals surface area (Å²) in [7, 11) is 0. The number of halogens is 1. The molecule has 0 unspecified atom stereocenters. The molecule has 31 heavy (non-hydrogen) atoms. The molecule has 0 bridgehead atoms. The summed E-state index contributed by atoms with van der Waals surface area (Å²) in [6.45, 7) is 10.4. The number of anilines is 2. The zero-order valence-corrected chi connectivity index (χ0v) is 18.4. The number of aryl methyl sites for hydroxylation is 2. The molecule has 2 heterocycles. The van der Waals surface area contributed by atoms with E-state index < -0.39 is 0 Å². The lowest BCUT2D eigenvalue weighted by Crippen LogP contribution is -2.24. The number of nitrogens with one attached hydrogen (secondary N) is 1. The summed E-state index contributed by atoms with van der Waals surface area (Å²) in [6.07, 6.45) is 3.45. The molecule has 0 fully saturated rings. The van der Waals surface area contributed by atoms with Gasteiger partial charge in [-0.2, -0.15) is 10.1 Å². The van der Waals surface area contributed by atoms with Gasteiger partial charge in [-0.3, -0.25) is 0 Å². The first-order valence-corrected chi connectivity index (χ1v) is 10.6. The summed E-state index contributed by atoms with van der Waals surface area (Å²) in [5.74, 6) is 0.861. The van der Waals surface area contributed by atoms with Gasteiger partial charge in [-0.25, -0.2) is 14.1 Å². The Kier molecular flexibility index (Phi) is 5.84. The van der Waals surface area contributed by atoms with Crippen LogP contribution in [-0.2, 0) is 6.54 Å². The topological polar surface area (TPSA) is 58.9 Å². The third-order valence-corrected chi connectivity index (χ3v) is 5.63. The van der Waals surface area contributed by atoms with Crippen molar-refractivity contribution in [2.75, 3.05) is 23.3 Å². The van der Waals surface area contributed by atoms with E-state index in [9.17, 15) is 0 Å². The quantitative estimate of drug-likeness (QED) is 0.456. The summed E-state index contributed by atoms with van der Waals surface area (Å²) >= 11 is 0. The number of aromatic nitrogens is 4. The van der Waals surface area contributed by atoms with E-state index >= 15 is 4.39 Å². The maximum atomic E-state index is 15.0. The van der Waals surface area contributed by atoms with E-state index in [0.29, 0.717) is 23.7 Å². The second-order valence-corrected chi connectivity index (χ2v) is 7.54. The van der Waals surface area contributed by atoms with E-state index in [0.717, 1.165) is 24.3 Å². The van der Waals surface area contributed by atoms with Crippen molar-refractivity contribution in [3.63, 3.8) is 0 Å². The number of benzene rings is 2. The Morgan fingerprint density at radius 1 is 1.03 bits per heavy atom. The summed E-state index contributed by atoms with van der Waals surface area (Å²) in [5.41, 5.74) is 4.54. The molecule has 2 aromatic carbocycles. The standard InChI is InChI=1S/C24H27FN6/c1-5-30(6-2)23-18-13-22(26-15-19-16(3)9-7-10-17(19)4)20(25)14-21(18)28-24(29-23)31-12-8-11-27-31/h7-14,26H,5-6,15H2,1-4H3. The van der Waals surface area contributed by atoms with Crippen LogP contribution in [0.4, 0.5) is 15.9 Å². The summed E-state index contributed by atoms with van der Waals surface area (Å²) in [6, 6.07) is 11.3. The molecule has 0 aliphatic rings. The zero-order valence-electron chi connectivity index (χ0n) is 18.4. The van der Waals surface area contributed by atoms with Crippen LogP contribution in [0, 0.1) is 19.7 Å². The lowest BCUT2D eigenvalue weighted by atomic mass is 10.0. The highest BCUT2D eigenvalue weighted by atomic mass is 19.1. The number of rotatable bonds is 7. The van der Waals surface area contributed by atoms with Crippen LogP contribution in [0.2, 0.25) is 0 Å². The first kappa shape index (κ1) is 20.8. The molecule has 4 rings (SSSR count). The van der Waals surface area contributed by atoms with Gasteiger partial charge in [0, 0.05) is 43.5 Å². The third-order valence-electron chi connectivity index (χ3n) is 5.63. The van der Waals surface area contributed by atoms with Crippen LogP contribution in [0.3, 0.4) is 0 Å². The predicted molar refractivity (Wildman–Crippen MR) is 123 cm³/mol. The van der Waals surface area contributed by atoms with Crippen molar-refractivity contribution in [3.05, 3.63) is 71.3 Å². The number of hydrogen-bond acceptors (Lipinski definition) is 5. The molecule has 0 amide bonds. The molecule has 160 valence electrons. The first-order valence-electron chi connectivity index (χ1n) is 10.6. The van der Waals surface area contributed by atoms with Crippen molar-refractivity contribution < 1.29 is 4.39 Å². The van der Waals surface area contributed by atoms with Crippen molar-refractivity contribution in [2.24, 2.45) is 0 Å². The molecular formula is C24H27FN6. The minimum absolute atomic E-state index is 0.339. The average molecular weight is 419 g/mol. The van der Waals surface area contributed by atoms with Crippen LogP contribution < -0.4 is 10.2 Å². The van der Waals surface area contributed by atoms with Crippen molar-refractivity contribution in [1.29, 1.82) is 0 Å². The average Bonchev–Trinajstić information content (AvgIpc) is 3.29. The van der Waals surface area contributed by atoms with Crippen molar-refractivity contribution in [3.8, 4) is 5.95 Å². The third kappa shape index (κ3) is 4.08. The van der Waals surface area contributed by atoms with E-state index in [1.165, 1.54) is 22.8 Å². The van der Waals surface area contributed by atoms with Gasteiger partial charge < -0.3 is 10.2 Å². The molecule has 0 saturated heterocycles. The van der Waals surface area contributed by atoms with Crippen LogP contribution in [-0.4, -0.2) is 32.8 Å². The van der Waals surface area contributed by atoms with E-state index in [4.69, 9.17) is 4.98 Å². The Hall–Kier alpha value is -3.48. The SMILES string of the molecule is CCN(CC)c1nc(-n2cccn2)nc2cc(F)c(NCc3c(C)cccc3C)cc12. The van der Waals surface area contributed by atoms with Crippen molar-refractivity contribution in [2.45, 2.75) is 34.2 Å². The van der Waals surface area contributed by atoms with Crippen LogP contribution >= 0.6 is 0 Å². The molecule has 2 aromatic heterocycles. The number of nitrogens with zero attached hydrogens (tertiary/aromatic N) is 5. The molecule has 4 aromatic rings. The van der Waals surface area contributed by atoms with Gasteiger partial charge in [0.05, 0.1) is 11.2 Å². The van der Waals surface area contributed by atoms with Crippen LogP contribution in [0.15, 0.2) is 48.8 Å². The Balaban J connectivity index is 1.79. The highest BCUT2D eigenvalue weighted by Gasteiger charge is 2.17. The van der Waals surface area contributed by atoms with Crippen molar-refractivity contribution >= 4 is 22.4 Å². The van der Waals surface area contributed by atoms with Gasteiger partial charge in [0.2, 0.25) is 0 Å². The summed E-state index contributed by atoms with van der Waals surface area (Å²) in [5, 5.41) is 8.32. The minimum Gasteiger partial charge on any atom is -0.379 e. The molecule has 0 aliphatic carbocycles. The largest absolute Gasteiger partial charge is 0.379 e. The lowest BCUT2D eigenvalue weighted by molar-refractivity contribution is 0.631. The molecule has 6 nitrogen and oxygen atoms in total. The predicted octanol–water partition coefficient (Wildman–Crippen LogP) is 5.03. The Morgan fingerprint density at radius 2 is 1.77 bits per heavy atom. The van der Waals surface area contributed by atoms with Gasteiger partial charge in [0.1, 0.15) is 11.6 Å². The minimum atomic E-state index is -0.339. The van der Waals surface area contributed by atoms with Gasteiger partial charge in [-0.05, 0) is 56.5 Å². The van der Waals surface area contributed by atoms with Gasteiger partial charge in [-0.1, -0.05) is 18.2 Å². The molecule has 0 aliphatic heterocycles. The van der Waals surface area contributed by atoms with Crippen LogP contribution in [0.1, 0.15) is 30.5 Å². The van der Waals surface area contributed by atoms with Crippen LogP contribution in [0.25, 0.3) is 16.9 Å². The normalized spacial score (nSPS) is 11.1. The Morgan fingerprint density at radius 3 is 2.42 bits per heavy atom. The molecule has 7 heteroatoms. The fraction of sp³-hybridized carbons (Fsp3) is 0.292. The monoisotopic (exact) mass is 418 g/mol. The van der Waals surface area contributed by atoms with Gasteiger partial charge in [0.15, 0.2) is 0 Å². The van der Waals surface area contributed by atoms with Gasteiger partial charge >= 0.3 is 0 Å². The fourth-order valence-corrected chi connectivity index (χ4v) is 3.82. The fourth-order valence-electron chi connectivity index (χ4n) is 3.82.